The average Bonchev–Trinajstić information content (AvgIpc) is 2.27. The van der Waals surface area contributed by atoms with Gasteiger partial charge in [0.25, 0.3) is 0 Å². The molecule has 0 aromatic carbocycles. The Balaban J connectivity index is 4.12. The SMILES string of the molecule is C=C(C)C(=O)OCCC(CO[SiH3])(OC)OC. The molecule has 5 nitrogen and oxygen atoms in total. The first-order chi connectivity index (χ1) is 7.51. The summed E-state index contributed by atoms with van der Waals surface area (Å²) in [4.78, 5) is 11.1. The summed E-state index contributed by atoms with van der Waals surface area (Å²) in [6, 6.07) is 0. The zero-order valence-corrected chi connectivity index (χ0v) is 12.4. The smallest absolute Gasteiger partial charge is 0.333 e. The average molecular weight is 248 g/mol. The van der Waals surface area contributed by atoms with E-state index in [1.54, 1.807) is 6.92 Å². The molecular formula is C10H20O5Si. The van der Waals surface area contributed by atoms with Crippen LogP contribution in [-0.2, 0) is 23.4 Å². The van der Waals surface area contributed by atoms with Crippen LogP contribution in [0.25, 0.3) is 0 Å². The van der Waals surface area contributed by atoms with Gasteiger partial charge in [0.05, 0.1) is 13.2 Å². The second kappa shape index (κ2) is 7.56. The monoisotopic (exact) mass is 248 g/mol. The predicted molar refractivity (Wildman–Crippen MR) is 63.0 cm³/mol. The van der Waals surface area contributed by atoms with Gasteiger partial charge in [-0.3, -0.25) is 0 Å². The molecule has 16 heavy (non-hydrogen) atoms. The maximum absolute atomic E-state index is 11.1. The van der Waals surface area contributed by atoms with Crippen molar-refractivity contribution >= 4 is 16.5 Å². The van der Waals surface area contributed by atoms with Gasteiger partial charge >= 0.3 is 5.97 Å². The van der Waals surface area contributed by atoms with Crippen LogP contribution >= 0.6 is 0 Å². The predicted octanol–water partition coefficient (Wildman–Crippen LogP) is -0.218. The fourth-order valence-corrected chi connectivity index (χ4v) is 1.56. The summed E-state index contributed by atoms with van der Waals surface area (Å²) in [7, 11) is 3.66. The number of hydrogen-bond acceptors (Lipinski definition) is 5. The highest BCUT2D eigenvalue weighted by Crippen LogP contribution is 2.16. The summed E-state index contributed by atoms with van der Waals surface area (Å²) in [5, 5.41) is 0. The molecular weight excluding hydrogens is 228 g/mol. The van der Waals surface area contributed by atoms with E-state index in [1.165, 1.54) is 14.2 Å². The minimum absolute atomic E-state index is 0.207. The molecule has 0 saturated carbocycles. The van der Waals surface area contributed by atoms with Crippen molar-refractivity contribution in [3.8, 4) is 0 Å². The molecule has 0 heterocycles. The van der Waals surface area contributed by atoms with E-state index < -0.39 is 11.8 Å². The lowest BCUT2D eigenvalue weighted by Gasteiger charge is -2.30. The number of carbonyl (C=O) groups excluding carboxylic acids is 1. The van der Waals surface area contributed by atoms with Crippen LogP contribution in [0.1, 0.15) is 13.3 Å². The van der Waals surface area contributed by atoms with Gasteiger partial charge in [-0.25, -0.2) is 4.79 Å². The summed E-state index contributed by atoms with van der Waals surface area (Å²) < 4.78 is 20.6. The van der Waals surface area contributed by atoms with Crippen LogP contribution in [0.2, 0.25) is 0 Å². The molecule has 0 aliphatic carbocycles. The van der Waals surface area contributed by atoms with Crippen molar-refractivity contribution in [2.75, 3.05) is 27.4 Å². The van der Waals surface area contributed by atoms with Gasteiger partial charge in [0.1, 0.15) is 10.5 Å². The summed E-state index contributed by atoms with van der Waals surface area (Å²) in [5.41, 5.74) is 0.375. The summed E-state index contributed by atoms with van der Waals surface area (Å²) >= 11 is 0. The highest BCUT2D eigenvalue weighted by molar-refractivity contribution is 5.97. The van der Waals surface area contributed by atoms with Gasteiger partial charge in [-0.05, 0) is 6.92 Å². The molecule has 0 aromatic rings. The first-order valence-corrected chi connectivity index (χ1v) is 5.75. The Labute approximate surface area is 99.2 Å². The van der Waals surface area contributed by atoms with Crippen molar-refractivity contribution < 1.29 is 23.4 Å². The van der Waals surface area contributed by atoms with Crippen LogP contribution in [0, 0.1) is 0 Å². The molecule has 94 valence electrons. The number of ether oxygens (including phenoxy) is 3. The van der Waals surface area contributed by atoms with Crippen molar-refractivity contribution in [1.82, 2.24) is 0 Å². The number of rotatable bonds is 8. The van der Waals surface area contributed by atoms with Crippen molar-refractivity contribution in [2.45, 2.75) is 19.1 Å². The van der Waals surface area contributed by atoms with E-state index in [0.29, 0.717) is 29.1 Å². The van der Waals surface area contributed by atoms with E-state index >= 15 is 0 Å². The summed E-state index contributed by atoms with van der Waals surface area (Å²) in [5.74, 6) is -1.25. The Hall–Kier alpha value is -0.693. The van der Waals surface area contributed by atoms with Crippen molar-refractivity contribution in [2.24, 2.45) is 0 Å². The standard InChI is InChI=1S/C10H20O5Si/c1-8(2)9(11)14-6-5-10(12-3,13-4)7-15-16/h1,5-7H2,2-4,16H3. The lowest BCUT2D eigenvalue weighted by molar-refractivity contribution is -0.230. The fraction of sp³-hybridized carbons (Fsp3) is 0.700. The van der Waals surface area contributed by atoms with Gasteiger partial charge in [0.2, 0.25) is 0 Å². The van der Waals surface area contributed by atoms with Gasteiger partial charge in [0, 0.05) is 26.2 Å². The van der Waals surface area contributed by atoms with Gasteiger partial charge in [-0.15, -0.1) is 0 Å². The first kappa shape index (κ1) is 15.3. The van der Waals surface area contributed by atoms with E-state index in [2.05, 4.69) is 6.58 Å². The molecule has 0 amide bonds. The molecule has 0 radical (unpaired) electrons. The Bertz CT molecular complexity index is 237. The van der Waals surface area contributed by atoms with Crippen LogP contribution < -0.4 is 0 Å². The zero-order valence-electron chi connectivity index (χ0n) is 10.4. The molecule has 0 unspecified atom stereocenters. The largest absolute Gasteiger partial charge is 0.462 e. The minimum Gasteiger partial charge on any atom is -0.462 e. The maximum Gasteiger partial charge on any atom is 0.333 e. The highest BCUT2D eigenvalue weighted by atomic mass is 28.2. The molecule has 0 atom stereocenters. The number of esters is 1. The molecule has 6 heteroatoms. The maximum atomic E-state index is 11.1. The molecule has 0 saturated heterocycles. The van der Waals surface area contributed by atoms with Crippen molar-refractivity contribution in [3.05, 3.63) is 12.2 Å². The van der Waals surface area contributed by atoms with E-state index in [4.69, 9.17) is 18.6 Å². The fourth-order valence-electron chi connectivity index (χ4n) is 1.12. The van der Waals surface area contributed by atoms with Crippen molar-refractivity contribution in [3.63, 3.8) is 0 Å². The molecule has 0 rings (SSSR count). The topological polar surface area (TPSA) is 54.0 Å². The van der Waals surface area contributed by atoms with E-state index in [1.807, 2.05) is 0 Å². The summed E-state index contributed by atoms with van der Waals surface area (Å²) in [6.07, 6.45) is 0.418. The molecule has 0 aromatic heterocycles. The second-order valence-electron chi connectivity index (χ2n) is 3.42. The van der Waals surface area contributed by atoms with Crippen LogP contribution in [0.4, 0.5) is 0 Å². The molecule has 0 spiro atoms. The third-order valence-corrected chi connectivity index (χ3v) is 2.46. The molecule has 0 fully saturated rings. The van der Waals surface area contributed by atoms with Gasteiger partial charge in [-0.2, -0.15) is 0 Å². The van der Waals surface area contributed by atoms with E-state index in [-0.39, 0.29) is 6.61 Å². The van der Waals surface area contributed by atoms with E-state index in [9.17, 15) is 4.79 Å². The van der Waals surface area contributed by atoms with E-state index in [0.717, 1.165) is 0 Å². The Morgan fingerprint density at radius 1 is 1.38 bits per heavy atom. The molecule has 0 aliphatic rings. The first-order valence-electron chi connectivity index (χ1n) is 4.93. The van der Waals surface area contributed by atoms with Gasteiger partial charge < -0.3 is 18.6 Å². The highest BCUT2D eigenvalue weighted by Gasteiger charge is 2.29. The van der Waals surface area contributed by atoms with Crippen LogP contribution in [-0.4, -0.2) is 49.7 Å². The zero-order chi connectivity index (χ0) is 12.6. The third-order valence-electron chi connectivity index (χ3n) is 2.17. The molecule has 0 N–H and O–H groups in total. The van der Waals surface area contributed by atoms with Gasteiger partial charge in [-0.1, -0.05) is 6.58 Å². The minimum atomic E-state index is -0.836. The Morgan fingerprint density at radius 3 is 2.31 bits per heavy atom. The molecule has 0 aliphatic heterocycles. The normalized spacial score (nSPS) is 11.4. The Kier molecular flexibility index (Phi) is 7.23. The van der Waals surface area contributed by atoms with Crippen LogP contribution in [0.3, 0.4) is 0 Å². The van der Waals surface area contributed by atoms with Crippen molar-refractivity contribution in [1.29, 1.82) is 0 Å². The molecule has 0 bridgehead atoms. The van der Waals surface area contributed by atoms with Crippen LogP contribution in [0.5, 0.6) is 0 Å². The number of carbonyl (C=O) groups is 1. The lowest BCUT2D eigenvalue weighted by atomic mass is 10.2. The number of hydrogen-bond donors (Lipinski definition) is 0. The second-order valence-corrected chi connectivity index (χ2v) is 4.00. The third kappa shape index (κ3) is 4.89. The van der Waals surface area contributed by atoms with Gasteiger partial charge in [0.15, 0.2) is 5.79 Å². The van der Waals surface area contributed by atoms with Crippen LogP contribution in [0.15, 0.2) is 12.2 Å². The Morgan fingerprint density at radius 2 is 1.94 bits per heavy atom. The summed E-state index contributed by atoms with van der Waals surface area (Å²) in [6.45, 7) is 5.63. The lowest BCUT2D eigenvalue weighted by Crippen LogP contribution is -2.40. The quantitative estimate of drug-likeness (QED) is 0.257. The number of methoxy groups -OCH3 is 2.